The Morgan fingerprint density at radius 2 is 1.80 bits per heavy atom. The van der Waals surface area contributed by atoms with Crippen molar-refractivity contribution in [1.82, 2.24) is 0 Å². The van der Waals surface area contributed by atoms with E-state index in [9.17, 15) is 8.76 Å². The predicted octanol–water partition coefficient (Wildman–Crippen LogP) is 0.851. The molecule has 0 fully saturated rings. The van der Waals surface area contributed by atoms with Crippen LogP contribution < -0.4 is 17.0 Å². The van der Waals surface area contributed by atoms with E-state index in [1.165, 1.54) is 0 Å². The van der Waals surface area contributed by atoms with Crippen molar-refractivity contribution in [1.29, 1.82) is 0 Å². The van der Waals surface area contributed by atoms with Gasteiger partial charge in [-0.2, -0.15) is 0 Å². The average molecular weight is 411 g/mol. The van der Waals surface area contributed by atoms with Crippen molar-refractivity contribution >= 4 is 14.8 Å². The van der Waals surface area contributed by atoms with Crippen LogP contribution in [0, 0.1) is 5.92 Å². The first-order valence-corrected chi connectivity index (χ1v) is 7.89. The fourth-order valence-corrected chi connectivity index (χ4v) is 2.97. The largest absolute Gasteiger partial charge is 1.00 e. The van der Waals surface area contributed by atoms with Crippen LogP contribution in [0.2, 0.25) is 0 Å². The van der Waals surface area contributed by atoms with Crippen LogP contribution >= 0.6 is 0 Å². The number of hydrogen-bond acceptors (Lipinski definition) is 1. The van der Waals surface area contributed by atoms with Gasteiger partial charge in [0.1, 0.15) is 0 Å². The predicted molar refractivity (Wildman–Crippen MR) is 76.4 cm³/mol. The van der Waals surface area contributed by atoms with Gasteiger partial charge in [-0.15, -0.1) is 4.55 Å². The Bertz CT molecular complexity index is 528. The van der Waals surface area contributed by atoms with Gasteiger partial charge < -0.3 is 17.0 Å². The van der Waals surface area contributed by atoms with E-state index < -0.39 is 9.80 Å². The number of allylic oxidation sites excluding steroid dienone is 1. The van der Waals surface area contributed by atoms with Crippen molar-refractivity contribution in [2.24, 2.45) is 5.92 Å². The second-order valence-corrected chi connectivity index (χ2v) is 6.38. The fourth-order valence-electron chi connectivity index (χ4n) is 1.66. The molecule has 1 rings (SSSR count). The zero-order valence-corrected chi connectivity index (χ0v) is 17.8. The molecule has 0 bridgehead atoms. The number of halogens is 1. The average Bonchev–Trinajstić information content (AvgIpc) is 2.35. The summed E-state index contributed by atoms with van der Waals surface area (Å²) in [7, 11) is -3.42. The minimum Gasteiger partial charge on any atom is -1.00 e. The van der Waals surface area contributed by atoms with Gasteiger partial charge in [-0.1, -0.05) is 45.4 Å². The summed E-state index contributed by atoms with van der Waals surface area (Å²) in [5.74, 6) is 0.218. The maximum Gasteiger partial charge on any atom is 0.183 e. The summed E-state index contributed by atoms with van der Waals surface area (Å²) in [5, 5.41) is 2.73. The quantitative estimate of drug-likeness (QED) is 0.524. The standard InChI is InChI=1S/C15H21O2S.BrH.Zn/c1-4-5-9-14(13(2)3)12-18(16,17)15-10-7-6-8-11-15;;/h6-8,10-11,13H,4-5,9H2,1-3H3;1H;/p-1. The second kappa shape index (κ2) is 10.8. The molecule has 1 unspecified atom stereocenters. The first kappa shape index (κ1) is 22.4. The van der Waals surface area contributed by atoms with Crippen LogP contribution in [-0.2, 0) is 33.8 Å². The zero-order chi connectivity index (χ0) is 13.6. The summed E-state index contributed by atoms with van der Waals surface area (Å²) >= 11 is 0. The molecule has 0 saturated heterocycles. The number of hydrogen-bond donors (Lipinski definition) is 0. The van der Waals surface area contributed by atoms with Gasteiger partial charge >= 0.3 is 0 Å². The molecule has 2 nitrogen and oxygen atoms in total. The van der Waals surface area contributed by atoms with Crippen LogP contribution in [-0.4, -0.2) is 9.23 Å². The maximum absolute atomic E-state index is 12.2. The van der Waals surface area contributed by atoms with Crippen LogP contribution in [0.1, 0.15) is 40.0 Å². The molecular formula is C15H21BrO2SZn-. The molecule has 1 radical (unpaired) electrons. The van der Waals surface area contributed by atoms with E-state index >= 15 is 0 Å². The van der Waals surface area contributed by atoms with Crippen molar-refractivity contribution in [2.75, 3.05) is 0 Å². The van der Waals surface area contributed by atoms with Gasteiger partial charge in [-0.3, -0.25) is 0 Å². The SMILES string of the molecule is CCCCC(=C=S([O])(=O)c1ccccc1)C(C)C.[Br-].[Zn]. The molecule has 0 amide bonds. The number of benzene rings is 1. The number of rotatable bonds is 5. The summed E-state index contributed by atoms with van der Waals surface area (Å²) in [6.45, 7) is 6.13. The molecule has 0 spiro atoms. The van der Waals surface area contributed by atoms with Gasteiger partial charge in [0.15, 0.2) is 9.80 Å². The smallest absolute Gasteiger partial charge is 0.183 e. The second-order valence-electron chi connectivity index (χ2n) is 4.70. The van der Waals surface area contributed by atoms with Crippen molar-refractivity contribution in [2.45, 2.75) is 44.9 Å². The molecule has 1 aromatic rings. The van der Waals surface area contributed by atoms with Gasteiger partial charge in [-0.05, 0) is 41.5 Å². The Labute approximate surface area is 146 Å². The molecule has 0 saturated carbocycles. The van der Waals surface area contributed by atoms with Crippen LogP contribution in [0.4, 0.5) is 0 Å². The van der Waals surface area contributed by atoms with Gasteiger partial charge in [0, 0.05) is 19.5 Å². The Balaban J connectivity index is 0. The van der Waals surface area contributed by atoms with Gasteiger partial charge in [0.25, 0.3) is 0 Å². The summed E-state index contributed by atoms with van der Waals surface area (Å²) in [6.07, 6.45) is 2.87. The normalized spacial score (nSPS) is 12.7. The monoisotopic (exact) mass is 408 g/mol. The molecular weight excluding hydrogens is 390 g/mol. The third-order valence-electron chi connectivity index (χ3n) is 2.82. The molecule has 0 aliphatic heterocycles. The fraction of sp³-hybridized carbons (Fsp3) is 0.467. The third kappa shape index (κ3) is 7.19. The minimum absolute atomic E-state index is 0. The van der Waals surface area contributed by atoms with Crippen LogP contribution in [0.25, 0.3) is 0 Å². The van der Waals surface area contributed by atoms with Crippen molar-refractivity contribution < 1.29 is 45.2 Å². The van der Waals surface area contributed by atoms with Crippen molar-refractivity contribution in [3.05, 3.63) is 35.9 Å². The molecule has 1 aromatic carbocycles. The molecule has 1 atom stereocenters. The molecule has 0 N–H and O–H groups in total. The third-order valence-corrected chi connectivity index (χ3v) is 4.24. The first-order valence-electron chi connectivity index (χ1n) is 6.41. The molecule has 109 valence electrons. The summed E-state index contributed by atoms with van der Waals surface area (Å²) in [6, 6.07) is 8.49. The summed E-state index contributed by atoms with van der Waals surface area (Å²) in [5.41, 5.74) is 0.890. The van der Waals surface area contributed by atoms with Crippen LogP contribution in [0.5, 0.6) is 0 Å². The Morgan fingerprint density at radius 3 is 2.25 bits per heavy atom. The molecule has 0 aromatic heterocycles. The maximum atomic E-state index is 12.2. The van der Waals surface area contributed by atoms with E-state index in [0.717, 1.165) is 24.8 Å². The van der Waals surface area contributed by atoms with Crippen LogP contribution in [0.3, 0.4) is 0 Å². The van der Waals surface area contributed by atoms with Gasteiger partial charge in [0.2, 0.25) is 0 Å². The Hall–Kier alpha value is 0.0834. The first-order chi connectivity index (χ1) is 8.47. The van der Waals surface area contributed by atoms with Crippen LogP contribution in [0.15, 0.2) is 40.8 Å². The molecule has 0 aliphatic rings. The Kier molecular flexibility index (Phi) is 12.0. The summed E-state index contributed by atoms with van der Waals surface area (Å²) < 4.78 is 24.4. The Morgan fingerprint density at radius 1 is 1.25 bits per heavy atom. The molecule has 20 heavy (non-hydrogen) atoms. The zero-order valence-electron chi connectivity index (χ0n) is 12.4. The molecule has 0 aliphatic carbocycles. The number of unbranched alkanes of at least 4 members (excludes halogenated alkanes) is 1. The molecule has 5 heteroatoms. The molecule has 0 heterocycles. The van der Waals surface area contributed by atoms with Gasteiger partial charge in [-0.25, -0.2) is 4.21 Å². The topological polar surface area (TPSA) is 37.0 Å². The summed E-state index contributed by atoms with van der Waals surface area (Å²) in [4.78, 5) is 0.319. The minimum atomic E-state index is -3.42. The van der Waals surface area contributed by atoms with E-state index in [1.807, 2.05) is 19.9 Å². The van der Waals surface area contributed by atoms with Gasteiger partial charge in [0.05, 0.1) is 4.90 Å². The van der Waals surface area contributed by atoms with Crippen molar-refractivity contribution in [3.8, 4) is 0 Å². The van der Waals surface area contributed by atoms with E-state index in [4.69, 9.17) is 0 Å². The van der Waals surface area contributed by atoms with E-state index in [-0.39, 0.29) is 42.4 Å². The van der Waals surface area contributed by atoms with E-state index in [0.29, 0.717) is 4.90 Å². The van der Waals surface area contributed by atoms with Crippen molar-refractivity contribution in [3.63, 3.8) is 0 Å². The van der Waals surface area contributed by atoms with E-state index in [1.54, 1.807) is 24.3 Å². The van der Waals surface area contributed by atoms with E-state index in [2.05, 4.69) is 11.9 Å².